The van der Waals surface area contributed by atoms with Crippen LogP contribution in [0, 0.1) is 0 Å². The van der Waals surface area contributed by atoms with Crippen molar-refractivity contribution in [2.75, 3.05) is 17.5 Å². The molecule has 1 saturated heterocycles. The van der Waals surface area contributed by atoms with Crippen molar-refractivity contribution in [3.63, 3.8) is 0 Å². The van der Waals surface area contributed by atoms with Gasteiger partial charge in [0.25, 0.3) is 0 Å². The first-order valence-electron chi connectivity index (χ1n) is 4.22. The highest BCUT2D eigenvalue weighted by Gasteiger charge is 2.26. The van der Waals surface area contributed by atoms with Crippen LogP contribution in [0.25, 0.3) is 0 Å². The van der Waals surface area contributed by atoms with Gasteiger partial charge >= 0.3 is 0 Å². The summed E-state index contributed by atoms with van der Waals surface area (Å²) < 4.78 is 1.22. The van der Waals surface area contributed by atoms with E-state index in [1.54, 1.807) is 0 Å². The van der Waals surface area contributed by atoms with E-state index < -0.39 is 0 Å². The van der Waals surface area contributed by atoms with Gasteiger partial charge in [-0.1, -0.05) is 22.6 Å². The number of hydrogen-bond acceptors (Lipinski definition) is 2. The molecule has 0 bridgehead atoms. The van der Waals surface area contributed by atoms with Gasteiger partial charge in [0.1, 0.15) is 0 Å². The maximum Gasteiger partial charge on any atom is 0.0682 e. The molecule has 3 heteroatoms. The smallest absolute Gasteiger partial charge is 0.0682 e. The molecule has 0 aromatic rings. The summed E-state index contributed by atoms with van der Waals surface area (Å²) >= 11 is 2.40. The van der Waals surface area contributed by atoms with E-state index in [0.717, 1.165) is 19.5 Å². The number of alkyl halides is 1. The summed E-state index contributed by atoms with van der Waals surface area (Å²) in [5.74, 6) is 0. The molecule has 0 saturated carbocycles. The van der Waals surface area contributed by atoms with Crippen molar-refractivity contribution >= 4 is 22.6 Å². The van der Waals surface area contributed by atoms with E-state index in [9.17, 15) is 5.11 Å². The standard InChI is InChI=1S/C8H16INO/c1-7-5-8(11)6-10(7)4-2-3-9/h7-8,11H,2-6H2,1H3. The first kappa shape index (κ1) is 9.74. The third kappa shape index (κ3) is 2.87. The van der Waals surface area contributed by atoms with Gasteiger partial charge in [0.2, 0.25) is 0 Å². The highest BCUT2D eigenvalue weighted by Crippen LogP contribution is 2.17. The molecule has 1 heterocycles. The third-order valence-electron chi connectivity index (χ3n) is 2.26. The minimum absolute atomic E-state index is 0.0702. The van der Waals surface area contributed by atoms with Crippen LogP contribution in [0.5, 0.6) is 0 Å². The molecule has 0 aromatic heterocycles. The molecule has 1 N–H and O–H groups in total. The highest BCUT2D eigenvalue weighted by molar-refractivity contribution is 14.1. The molecule has 66 valence electrons. The Kier molecular flexibility index (Phi) is 4.09. The van der Waals surface area contributed by atoms with Crippen LogP contribution in [0.15, 0.2) is 0 Å². The predicted molar refractivity (Wildman–Crippen MR) is 55.2 cm³/mol. The molecule has 0 amide bonds. The Hall–Kier alpha value is 0.650. The van der Waals surface area contributed by atoms with Crippen molar-refractivity contribution in [2.24, 2.45) is 0 Å². The Balaban J connectivity index is 2.23. The first-order valence-corrected chi connectivity index (χ1v) is 5.74. The molecule has 1 fully saturated rings. The molecule has 2 atom stereocenters. The average molecular weight is 269 g/mol. The van der Waals surface area contributed by atoms with Crippen molar-refractivity contribution in [3.05, 3.63) is 0 Å². The summed E-state index contributed by atoms with van der Waals surface area (Å²) in [6.45, 7) is 4.24. The number of halogens is 1. The van der Waals surface area contributed by atoms with Gasteiger partial charge in [-0.2, -0.15) is 0 Å². The zero-order valence-electron chi connectivity index (χ0n) is 6.96. The minimum atomic E-state index is -0.0702. The summed E-state index contributed by atoms with van der Waals surface area (Å²) in [5, 5.41) is 9.33. The van der Waals surface area contributed by atoms with Crippen LogP contribution in [0.3, 0.4) is 0 Å². The number of nitrogens with zero attached hydrogens (tertiary/aromatic N) is 1. The van der Waals surface area contributed by atoms with Crippen molar-refractivity contribution in [1.29, 1.82) is 0 Å². The fraction of sp³-hybridized carbons (Fsp3) is 1.00. The van der Waals surface area contributed by atoms with Crippen LogP contribution in [0.2, 0.25) is 0 Å². The monoisotopic (exact) mass is 269 g/mol. The van der Waals surface area contributed by atoms with Crippen molar-refractivity contribution in [1.82, 2.24) is 4.90 Å². The van der Waals surface area contributed by atoms with Crippen LogP contribution < -0.4 is 0 Å². The number of β-amino-alcohol motifs (C(OH)–C–C–N with tert-alkyl or cyclic N) is 1. The Labute approximate surface area is 82.1 Å². The normalized spacial score (nSPS) is 33.0. The second kappa shape index (κ2) is 4.62. The van der Waals surface area contributed by atoms with Gasteiger partial charge in [0, 0.05) is 17.0 Å². The Bertz CT molecular complexity index is 121. The fourth-order valence-corrected chi connectivity index (χ4v) is 1.98. The lowest BCUT2D eigenvalue weighted by Gasteiger charge is -2.19. The second-order valence-corrected chi connectivity index (χ2v) is 4.35. The summed E-state index contributed by atoms with van der Waals surface area (Å²) in [7, 11) is 0. The second-order valence-electron chi connectivity index (χ2n) is 3.28. The third-order valence-corrected chi connectivity index (χ3v) is 3.02. The Morgan fingerprint density at radius 2 is 2.36 bits per heavy atom. The van der Waals surface area contributed by atoms with Gasteiger partial charge in [-0.3, -0.25) is 4.90 Å². The zero-order chi connectivity index (χ0) is 8.27. The van der Waals surface area contributed by atoms with E-state index in [2.05, 4.69) is 34.4 Å². The topological polar surface area (TPSA) is 23.5 Å². The van der Waals surface area contributed by atoms with Gasteiger partial charge in [-0.15, -0.1) is 0 Å². The Morgan fingerprint density at radius 1 is 1.64 bits per heavy atom. The molecule has 11 heavy (non-hydrogen) atoms. The average Bonchev–Trinajstić information content (AvgIpc) is 2.26. The lowest BCUT2D eigenvalue weighted by Crippen LogP contribution is -2.28. The fourth-order valence-electron chi connectivity index (χ4n) is 1.64. The van der Waals surface area contributed by atoms with Gasteiger partial charge in [0.05, 0.1) is 6.10 Å². The molecular formula is C8H16INO. The van der Waals surface area contributed by atoms with Crippen LogP contribution in [0.4, 0.5) is 0 Å². The lowest BCUT2D eigenvalue weighted by atomic mass is 10.2. The quantitative estimate of drug-likeness (QED) is 0.616. The van der Waals surface area contributed by atoms with E-state index in [1.165, 1.54) is 10.8 Å². The number of aliphatic hydroxyl groups excluding tert-OH is 1. The lowest BCUT2D eigenvalue weighted by molar-refractivity contribution is 0.175. The van der Waals surface area contributed by atoms with Crippen LogP contribution in [-0.4, -0.2) is 39.7 Å². The molecule has 0 aromatic carbocycles. The summed E-state index contributed by atoms with van der Waals surface area (Å²) in [6.07, 6.45) is 2.14. The zero-order valence-corrected chi connectivity index (χ0v) is 9.12. The number of aliphatic hydroxyl groups is 1. The number of likely N-dealkylation sites (tertiary alicyclic amines) is 1. The molecule has 2 nitrogen and oxygen atoms in total. The van der Waals surface area contributed by atoms with Crippen molar-refractivity contribution in [3.8, 4) is 0 Å². The van der Waals surface area contributed by atoms with Crippen molar-refractivity contribution < 1.29 is 5.11 Å². The van der Waals surface area contributed by atoms with Crippen LogP contribution >= 0.6 is 22.6 Å². The first-order chi connectivity index (χ1) is 5.24. The molecule has 1 aliphatic rings. The van der Waals surface area contributed by atoms with Gasteiger partial charge in [-0.05, 0) is 26.3 Å². The largest absolute Gasteiger partial charge is 0.392 e. The molecule has 0 radical (unpaired) electrons. The number of hydrogen-bond donors (Lipinski definition) is 1. The van der Waals surface area contributed by atoms with E-state index in [-0.39, 0.29) is 6.10 Å². The molecule has 2 unspecified atom stereocenters. The van der Waals surface area contributed by atoms with E-state index >= 15 is 0 Å². The molecular weight excluding hydrogens is 253 g/mol. The van der Waals surface area contributed by atoms with Crippen LogP contribution in [-0.2, 0) is 0 Å². The number of rotatable bonds is 3. The van der Waals surface area contributed by atoms with Crippen LogP contribution in [0.1, 0.15) is 19.8 Å². The van der Waals surface area contributed by atoms with E-state index in [0.29, 0.717) is 6.04 Å². The molecule has 0 spiro atoms. The SMILES string of the molecule is CC1CC(O)CN1CCCI. The minimum Gasteiger partial charge on any atom is -0.392 e. The van der Waals surface area contributed by atoms with Gasteiger partial charge < -0.3 is 5.11 Å². The summed E-state index contributed by atoms with van der Waals surface area (Å²) in [5.41, 5.74) is 0. The maximum atomic E-state index is 9.33. The summed E-state index contributed by atoms with van der Waals surface area (Å²) in [6, 6.07) is 0.591. The Morgan fingerprint density at radius 3 is 2.82 bits per heavy atom. The predicted octanol–water partition coefficient (Wildman–Crippen LogP) is 1.27. The molecule has 1 rings (SSSR count). The maximum absolute atomic E-state index is 9.33. The molecule has 1 aliphatic heterocycles. The highest BCUT2D eigenvalue weighted by atomic mass is 127. The summed E-state index contributed by atoms with van der Waals surface area (Å²) in [4.78, 5) is 2.38. The van der Waals surface area contributed by atoms with E-state index in [1.807, 2.05) is 0 Å². The van der Waals surface area contributed by atoms with E-state index in [4.69, 9.17) is 0 Å². The molecule has 0 aliphatic carbocycles. The van der Waals surface area contributed by atoms with Gasteiger partial charge in [-0.25, -0.2) is 0 Å². The van der Waals surface area contributed by atoms with Crippen molar-refractivity contribution in [2.45, 2.75) is 31.9 Å². The van der Waals surface area contributed by atoms with Gasteiger partial charge in [0.15, 0.2) is 0 Å².